The van der Waals surface area contributed by atoms with Crippen LogP contribution in [0.1, 0.15) is 10.5 Å². The van der Waals surface area contributed by atoms with Gasteiger partial charge in [0.2, 0.25) is 0 Å². The van der Waals surface area contributed by atoms with E-state index < -0.39 is 5.91 Å². The van der Waals surface area contributed by atoms with E-state index in [0.717, 1.165) is 16.4 Å². The topological polar surface area (TPSA) is 60.4 Å². The molecular weight excluding hydrogens is 202 g/mol. The van der Waals surface area contributed by atoms with Crippen LogP contribution in [0.3, 0.4) is 0 Å². The first kappa shape index (κ1) is 8.91. The summed E-state index contributed by atoms with van der Waals surface area (Å²) in [5.74, 6) is -0.514. The molecule has 4 nitrogen and oxygen atoms in total. The summed E-state index contributed by atoms with van der Waals surface area (Å²) < 4.78 is 1.92. The number of amides is 1. The lowest BCUT2D eigenvalue weighted by atomic mass is 10.2. The molecule has 0 aliphatic rings. The van der Waals surface area contributed by atoms with Crippen molar-refractivity contribution in [2.45, 2.75) is 0 Å². The van der Waals surface area contributed by atoms with Crippen molar-refractivity contribution in [1.29, 1.82) is 0 Å². The van der Waals surface area contributed by atoms with Crippen molar-refractivity contribution in [3.63, 3.8) is 0 Å². The predicted octanol–water partition coefficient (Wildman–Crippen LogP) is 1.59. The lowest BCUT2D eigenvalue weighted by Gasteiger charge is -1.98. The Labute approximate surface area is 91.3 Å². The quantitative estimate of drug-likeness (QED) is 0.664. The summed E-state index contributed by atoms with van der Waals surface area (Å²) in [6.45, 7) is 0. The summed E-state index contributed by atoms with van der Waals surface area (Å²) in [6.07, 6.45) is 3.32. The summed E-state index contributed by atoms with van der Waals surface area (Å²) in [7, 11) is 0. The Morgan fingerprint density at radius 1 is 1.31 bits per heavy atom. The second-order valence-corrected chi connectivity index (χ2v) is 3.63. The zero-order valence-electron chi connectivity index (χ0n) is 8.42. The molecule has 4 heteroatoms. The van der Waals surface area contributed by atoms with E-state index in [0.29, 0.717) is 0 Å². The normalized spacial score (nSPS) is 11.0. The third-order valence-electron chi connectivity index (χ3n) is 2.62. The highest BCUT2D eigenvalue weighted by Crippen LogP contribution is 2.19. The molecule has 0 aliphatic carbocycles. The zero-order chi connectivity index (χ0) is 11.1. The molecule has 0 bridgehead atoms. The average Bonchev–Trinajstić information content (AvgIpc) is 2.66. The number of hydrogen-bond acceptors (Lipinski definition) is 2. The fraction of sp³-hybridized carbons (Fsp3) is 0. The van der Waals surface area contributed by atoms with Crippen LogP contribution in [0.15, 0.2) is 42.7 Å². The highest BCUT2D eigenvalue weighted by Gasteiger charge is 2.06. The Bertz CT molecular complexity index is 700. The van der Waals surface area contributed by atoms with Crippen LogP contribution in [0, 0.1) is 0 Å². The van der Waals surface area contributed by atoms with Gasteiger partial charge < -0.3 is 10.1 Å². The van der Waals surface area contributed by atoms with Gasteiger partial charge in [-0.1, -0.05) is 18.2 Å². The number of aromatic nitrogens is 2. The number of nitrogens with zero attached hydrogens (tertiary/aromatic N) is 2. The van der Waals surface area contributed by atoms with E-state index in [9.17, 15) is 4.79 Å². The van der Waals surface area contributed by atoms with Crippen LogP contribution in [0.25, 0.3) is 16.4 Å². The lowest BCUT2D eigenvalue weighted by molar-refractivity contribution is 0.0995. The van der Waals surface area contributed by atoms with Crippen molar-refractivity contribution in [1.82, 2.24) is 9.38 Å². The minimum atomic E-state index is -0.514. The molecule has 0 saturated heterocycles. The molecule has 0 fully saturated rings. The molecule has 16 heavy (non-hydrogen) atoms. The van der Waals surface area contributed by atoms with Crippen LogP contribution in [0.4, 0.5) is 0 Å². The number of para-hydroxylation sites is 1. The number of fused-ring (bicyclic) bond motifs is 3. The minimum absolute atomic E-state index is 0.272. The van der Waals surface area contributed by atoms with Crippen LogP contribution in [0.2, 0.25) is 0 Å². The van der Waals surface area contributed by atoms with Gasteiger partial charge in [0, 0.05) is 11.6 Å². The van der Waals surface area contributed by atoms with Gasteiger partial charge >= 0.3 is 0 Å². The van der Waals surface area contributed by atoms with E-state index in [1.54, 1.807) is 12.4 Å². The van der Waals surface area contributed by atoms with Gasteiger partial charge in [0.05, 0.1) is 17.2 Å². The number of hydrogen-bond donors (Lipinski definition) is 1. The molecule has 1 aromatic carbocycles. The monoisotopic (exact) mass is 211 g/mol. The van der Waals surface area contributed by atoms with Crippen molar-refractivity contribution in [2.24, 2.45) is 5.73 Å². The van der Waals surface area contributed by atoms with Crippen LogP contribution in [-0.2, 0) is 0 Å². The number of rotatable bonds is 1. The Morgan fingerprint density at radius 3 is 2.94 bits per heavy atom. The van der Waals surface area contributed by atoms with Crippen LogP contribution in [0.5, 0.6) is 0 Å². The van der Waals surface area contributed by atoms with Gasteiger partial charge in [0.1, 0.15) is 5.69 Å². The lowest BCUT2D eigenvalue weighted by Crippen LogP contribution is -2.13. The molecule has 2 aromatic heterocycles. The van der Waals surface area contributed by atoms with E-state index >= 15 is 0 Å². The molecule has 3 aromatic rings. The van der Waals surface area contributed by atoms with Crippen molar-refractivity contribution in [3.05, 3.63) is 48.4 Å². The number of nitrogens with two attached hydrogens (primary N) is 1. The third kappa shape index (κ3) is 1.16. The van der Waals surface area contributed by atoms with Gasteiger partial charge in [0.15, 0.2) is 0 Å². The molecule has 0 spiro atoms. The van der Waals surface area contributed by atoms with E-state index in [1.807, 2.05) is 34.7 Å². The summed E-state index contributed by atoms with van der Waals surface area (Å²) in [5.41, 5.74) is 7.47. The number of carbonyl (C=O) groups is 1. The van der Waals surface area contributed by atoms with Crippen molar-refractivity contribution in [3.8, 4) is 0 Å². The van der Waals surface area contributed by atoms with Crippen molar-refractivity contribution in [2.75, 3.05) is 0 Å². The summed E-state index contributed by atoms with van der Waals surface area (Å²) in [4.78, 5) is 15.1. The zero-order valence-corrected chi connectivity index (χ0v) is 8.42. The molecule has 78 valence electrons. The first-order valence-electron chi connectivity index (χ1n) is 4.91. The smallest absolute Gasteiger partial charge is 0.268 e. The molecule has 0 radical (unpaired) electrons. The highest BCUT2D eigenvalue weighted by molar-refractivity contribution is 5.92. The molecule has 0 aliphatic heterocycles. The fourth-order valence-electron chi connectivity index (χ4n) is 1.86. The highest BCUT2D eigenvalue weighted by atomic mass is 16.1. The fourth-order valence-corrected chi connectivity index (χ4v) is 1.86. The Morgan fingerprint density at radius 2 is 2.12 bits per heavy atom. The van der Waals surface area contributed by atoms with Crippen LogP contribution in [-0.4, -0.2) is 15.3 Å². The second kappa shape index (κ2) is 3.06. The Balaban J connectivity index is 2.44. The maximum atomic E-state index is 11.0. The standard InChI is InChI=1S/C12H9N3O/c13-12(16)10-7-15-9(6-14-10)5-8-3-1-2-4-11(8)15/h1-7H,(H2,13,16). The first-order chi connectivity index (χ1) is 7.75. The summed E-state index contributed by atoms with van der Waals surface area (Å²) >= 11 is 0. The van der Waals surface area contributed by atoms with Crippen LogP contribution < -0.4 is 5.73 Å². The molecule has 0 atom stereocenters. The van der Waals surface area contributed by atoms with Gasteiger partial charge in [-0.15, -0.1) is 0 Å². The van der Waals surface area contributed by atoms with E-state index in [2.05, 4.69) is 4.98 Å². The van der Waals surface area contributed by atoms with Crippen molar-refractivity contribution >= 4 is 22.3 Å². The largest absolute Gasteiger partial charge is 0.364 e. The van der Waals surface area contributed by atoms with Crippen LogP contribution >= 0.6 is 0 Å². The van der Waals surface area contributed by atoms with Gasteiger partial charge in [-0.05, 0) is 12.1 Å². The van der Waals surface area contributed by atoms with E-state index in [-0.39, 0.29) is 5.69 Å². The number of carbonyl (C=O) groups excluding carboxylic acids is 1. The van der Waals surface area contributed by atoms with Gasteiger partial charge in [-0.3, -0.25) is 4.79 Å². The van der Waals surface area contributed by atoms with Crippen molar-refractivity contribution < 1.29 is 4.79 Å². The SMILES string of the molecule is NC(=O)c1cn2c(cn1)cc1ccccc12. The molecule has 0 unspecified atom stereocenters. The van der Waals surface area contributed by atoms with Gasteiger partial charge in [-0.25, -0.2) is 4.98 Å². The summed E-state index contributed by atoms with van der Waals surface area (Å²) in [5, 5.41) is 1.12. The maximum Gasteiger partial charge on any atom is 0.268 e. The molecule has 0 saturated carbocycles. The Hall–Kier alpha value is -2.36. The van der Waals surface area contributed by atoms with Gasteiger partial charge in [-0.2, -0.15) is 0 Å². The average molecular weight is 211 g/mol. The van der Waals surface area contributed by atoms with Gasteiger partial charge in [0.25, 0.3) is 5.91 Å². The molecule has 2 heterocycles. The Kier molecular flexibility index (Phi) is 1.71. The predicted molar refractivity (Wildman–Crippen MR) is 61.2 cm³/mol. The number of benzene rings is 1. The molecule has 1 amide bonds. The summed E-state index contributed by atoms with van der Waals surface area (Å²) in [6, 6.07) is 9.97. The molecular formula is C12H9N3O. The molecule has 3 rings (SSSR count). The molecule has 2 N–H and O–H groups in total. The minimum Gasteiger partial charge on any atom is -0.364 e. The van der Waals surface area contributed by atoms with E-state index in [1.165, 1.54) is 0 Å². The first-order valence-corrected chi connectivity index (χ1v) is 4.91. The number of primary amides is 1. The second-order valence-electron chi connectivity index (χ2n) is 3.63. The van der Waals surface area contributed by atoms with E-state index in [4.69, 9.17) is 5.73 Å². The third-order valence-corrected chi connectivity index (χ3v) is 2.62. The maximum absolute atomic E-state index is 11.0.